The van der Waals surface area contributed by atoms with Crippen LogP contribution in [0.4, 0.5) is 5.13 Å². The molecule has 1 amide bonds. The maximum Gasteiger partial charge on any atom is 0.257 e. The quantitative estimate of drug-likeness (QED) is 0.485. The fourth-order valence-corrected chi connectivity index (χ4v) is 4.13. The average Bonchev–Trinajstić information content (AvgIpc) is 3.08. The summed E-state index contributed by atoms with van der Waals surface area (Å²) in [5.74, 6) is 0.804. The van der Waals surface area contributed by atoms with Crippen molar-refractivity contribution < 1.29 is 4.79 Å². The van der Waals surface area contributed by atoms with Crippen LogP contribution in [0.2, 0.25) is 0 Å². The Hall–Kier alpha value is -2.18. The van der Waals surface area contributed by atoms with Crippen LogP contribution in [-0.2, 0) is 12.8 Å². The molecule has 0 spiro atoms. The van der Waals surface area contributed by atoms with Gasteiger partial charge in [0.05, 0.1) is 0 Å². The SMILES string of the molecule is CCSc1nnc(NC(=O)c2ccccc2CCc2ccccc2)s1. The molecule has 0 fully saturated rings. The molecular formula is C19H19N3OS2. The summed E-state index contributed by atoms with van der Waals surface area (Å²) in [5, 5.41) is 11.5. The minimum absolute atomic E-state index is 0.132. The first kappa shape index (κ1) is 17.6. The van der Waals surface area contributed by atoms with Gasteiger partial charge in [0.2, 0.25) is 5.13 Å². The van der Waals surface area contributed by atoms with Crippen LogP contribution in [0.1, 0.15) is 28.4 Å². The normalized spacial score (nSPS) is 10.6. The summed E-state index contributed by atoms with van der Waals surface area (Å²) in [6, 6.07) is 18.0. The molecule has 3 rings (SSSR count). The van der Waals surface area contributed by atoms with Crippen LogP contribution >= 0.6 is 23.1 Å². The van der Waals surface area contributed by atoms with Crippen molar-refractivity contribution in [3.8, 4) is 0 Å². The number of benzene rings is 2. The molecule has 1 aromatic heterocycles. The standard InChI is InChI=1S/C19H19N3OS2/c1-2-24-19-22-21-18(25-19)20-17(23)16-11-7-6-10-15(16)13-12-14-8-4-3-5-9-14/h3-11H,2,12-13H2,1H3,(H,20,21,23). The Morgan fingerprint density at radius 1 is 1.04 bits per heavy atom. The highest BCUT2D eigenvalue weighted by molar-refractivity contribution is 8.01. The minimum Gasteiger partial charge on any atom is -0.296 e. The van der Waals surface area contributed by atoms with E-state index in [0.717, 1.165) is 28.5 Å². The largest absolute Gasteiger partial charge is 0.296 e. The van der Waals surface area contributed by atoms with Crippen molar-refractivity contribution in [3.05, 3.63) is 71.3 Å². The summed E-state index contributed by atoms with van der Waals surface area (Å²) in [6.45, 7) is 2.06. The lowest BCUT2D eigenvalue weighted by Gasteiger charge is -2.09. The summed E-state index contributed by atoms with van der Waals surface area (Å²) in [7, 11) is 0. The number of carbonyl (C=O) groups excluding carboxylic acids is 1. The number of nitrogens with zero attached hydrogens (tertiary/aromatic N) is 2. The maximum absolute atomic E-state index is 12.6. The molecule has 128 valence electrons. The van der Waals surface area contributed by atoms with Crippen LogP contribution in [0.15, 0.2) is 58.9 Å². The fraction of sp³-hybridized carbons (Fsp3) is 0.211. The monoisotopic (exact) mass is 369 g/mol. The van der Waals surface area contributed by atoms with Gasteiger partial charge in [-0.05, 0) is 35.8 Å². The van der Waals surface area contributed by atoms with E-state index in [0.29, 0.717) is 10.7 Å². The van der Waals surface area contributed by atoms with Gasteiger partial charge >= 0.3 is 0 Å². The third kappa shape index (κ3) is 4.90. The van der Waals surface area contributed by atoms with Gasteiger partial charge in [0.15, 0.2) is 4.34 Å². The van der Waals surface area contributed by atoms with Crippen LogP contribution in [-0.4, -0.2) is 21.9 Å². The highest BCUT2D eigenvalue weighted by atomic mass is 32.2. The van der Waals surface area contributed by atoms with Gasteiger partial charge in [0.25, 0.3) is 5.91 Å². The average molecular weight is 370 g/mol. The molecule has 6 heteroatoms. The third-order valence-electron chi connectivity index (χ3n) is 3.68. The number of thioether (sulfide) groups is 1. The molecular weight excluding hydrogens is 350 g/mol. The number of hydrogen-bond acceptors (Lipinski definition) is 5. The highest BCUT2D eigenvalue weighted by Crippen LogP contribution is 2.25. The van der Waals surface area contributed by atoms with E-state index in [9.17, 15) is 4.79 Å². The smallest absolute Gasteiger partial charge is 0.257 e. The summed E-state index contributed by atoms with van der Waals surface area (Å²) < 4.78 is 0.871. The van der Waals surface area contributed by atoms with Gasteiger partial charge in [-0.3, -0.25) is 10.1 Å². The molecule has 4 nitrogen and oxygen atoms in total. The van der Waals surface area contributed by atoms with Crippen molar-refractivity contribution in [3.63, 3.8) is 0 Å². The second kappa shape index (κ2) is 8.78. The van der Waals surface area contributed by atoms with Gasteiger partial charge in [-0.1, -0.05) is 78.6 Å². The van der Waals surface area contributed by atoms with Crippen molar-refractivity contribution in [2.75, 3.05) is 11.1 Å². The Bertz CT molecular complexity index is 833. The molecule has 1 heterocycles. The second-order valence-electron chi connectivity index (χ2n) is 5.40. The molecule has 1 N–H and O–H groups in total. The minimum atomic E-state index is -0.132. The van der Waals surface area contributed by atoms with E-state index < -0.39 is 0 Å². The Balaban J connectivity index is 1.69. The van der Waals surface area contributed by atoms with Crippen LogP contribution in [0.25, 0.3) is 0 Å². The van der Waals surface area contributed by atoms with E-state index in [2.05, 4.69) is 34.6 Å². The second-order valence-corrected chi connectivity index (χ2v) is 7.89. The number of amides is 1. The Morgan fingerprint density at radius 3 is 2.60 bits per heavy atom. The number of aryl methyl sites for hydroxylation is 2. The first-order valence-electron chi connectivity index (χ1n) is 8.15. The summed E-state index contributed by atoms with van der Waals surface area (Å²) >= 11 is 3.03. The van der Waals surface area contributed by atoms with Crippen LogP contribution in [0.5, 0.6) is 0 Å². The Morgan fingerprint density at radius 2 is 1.80 bits per heavy atom. The molecule has 2 aromatic carbocycles. The van der Waals surface area contributed by atoms with Crippen LogP contribution < -0.4 is 5.32 Å². The lowest BCUT2D eigenvalue weighted by molar-refractivity contribution is 0.102. The van der Waals surface area contributed by atoms with Crippen molar-refractivity contribution in [2.24, 2.45) is 0 Å². The number of carbonyl (C=O) groups is 1. The van der Waals surface area contributed by atoms with Crippen molar-refractivity contribution in [1.82, 2.24) is 10.2 Å². The molecule has 0 aliphatic rings. The molecule has 0 aliphatic heterocycles. The predicted molar refractivity (Wildman–Crippen MR) is 105 cm³/mol. The van der Waals surface area contributed by atoms with Gasteiger partial charge in [-0.25, -0.2) is 0 Å². The van der Waals surface area contributed by atoms with Crippen LogP contribution in [0.3, 0.4) is 0 Å². The topological polar surface area (TPSA) is 54.9 Å². The third-order valence-corrected chi connectivity index (χ3v) is 5.54. The Labute approximate surface area is 155 Å². The number of hydrogen-bond donors (Lipinski definition) is 1. The zero-order chi connectivity index (χ0) is 17.5. The van der Waals surface area contributed by atoms with E-state index in [4.69, 9.17) is 0 Å². The van der Waals surface area contributed by atoms with E-state index in [1.807, 2.05) is 42.5 Å². The molecule has 0 aliphatic carbocycles. The lowest BCUT2D eigenvalue weighted by atomic mass is 9.99. The maximum atomic E-state index is 12.6. The van der Waals surface area contributed by atoms with Gasteiger partial charge < -0.3 is 0 Å². The van der Waals surface area contributed by atoms with Crippen LogP contribution in [0, 0.1) is 0 Å². The highest BCUT2D eigenvalue weighted by Gasteiger charge is 2.13. The van der Waals surface area contributed by atoms with Crippen molar-refractivity contribution >= 4 is 34.1 Å². The van der Waals surface area contributed by atoms with E-state index in [-0.39, 0.29) is 5.91 Å². The fourth-order valence-electron chi connectivity index (χ4n) is 2.49. The summed E-state index contributed by atoms with van der Waals surface area (Å²) in [6.07, 6.45) is 1.72. The Kier molecular flexibility index (Phi) is 6.19. The molecule has 0 bridgehead atoms. The van der Waals surface area contributed by atoms with Gasteiger partial charge in [0.1, 0.15) is 0 Å². The zero-order valence-electron chi connectivity index (χ0n) is 13.9. The molecule has 0 atom stereocenters. The first-order valence-corrected chi connectivity index (χ1v) is 9.96. The lowest BCUT2D eigenvalue weighted by Crippen LogP contribution is -2.14. The number of aromatic nitrogens is 2. The number of anilines is 1. The predicted octanol–water partition coefficient (Wildman–Crippen LogP) is 4.69. The molecule has 25 heavy (non-hydrogen) atoms. The van der Waals surface area contributed by atoms with E-state index >= 15 is 0 Å². The van der Waals surface area contributed by atoms with E-state index in [1.54, 1.807) is 11.8 Å². The van der Waals surface area contributed by atoms with E-state index in [1.165, 1.54) is 16.9 Å². The summed E-state index contributed by atoms with van der Waals surface area (Å²) in [4.78, 5) is 12.6. The zero-order valence-corrected chi connectivity index (χ0v) is 15.6. The molecule has 0 radical (unpaired) electrons. The number of rotatable bonds is 7. The molecule has 0 unspecified atom stereocenters. The molecule has 0 saturated heterocycles. The van der Waals surface area contributed by atoms with Gasteiger partial charge in [-0.15, -0.1) is 10.2 Å². The molecule has 0 saturated carbocycles. The molecule has 3 aromatic rings. The van der Waals surface area contributed by atoms with Gasteiger partial charge in [-0.2, -0.15) is 0 Å². The van der Waals surface area contributed by atoms with Crippen molar-refractivity contribution in [1.29, 1.82) is 0 Å². The first-order chi connectivity index (χ1) is 12.3. The van der Waals surface area contributed by atoms with Crippen molar-refractivity contribution in [2.45, 2.75) is 24.1 Å². The summed E-state index contributed by atoms with van der Waals surface area (Å²) in [5.41, 5.74) is 3.00. The number of nitrogens with one attached hydrogen (secondary N) is 1. The van der Waals surface area contributed by atoms with Gasteiger partial charge in [0, 0.05) is 5.56 Å².